The number of carboxylic acid groups (broad SMARTS) is 1. The molecule has 0 spiro atoms. The molecule has 23 heavy (non-hydrogen) atoms. The minimum Gasteiger partial charge on any atom is -0.508 e. The fourth-order valence-corrected chi connectivity index (χ4v) is 1.76. The van der Waals surface area contributed by atoms with E-state index in [4.69, 9.17) is 21.7 Å². The summed E-state index contributed by atoms with van der Waals surface area (Å²) in [6, 6.07) is 5.42. The predicted octanol–water partition coefficient (Wildman–Crippen LogP) is 0.282. The average molecular weight is 316 g/mol. The van der Waals surface area contributed by atoms with E-state index in [0.717, 1.165) is 5.56 Å². The molecule has 120 valence electrons. The topological polar surface area (TPSA) is 164 Å². The molecule has 0 fully saturated rings. The zero-order chi connectivity index (χ0) is 16.8. The molecule has 9 nitrogen and oxygen atoms in total. The van der Waals surface area contributed by atoms with Crippen LogP contribution in [-0.2, 0) is 11.2 Å². The number of hydrogen-bond donors (Lipinski definition) is 5. The number of aliphatic carboxylic acids is 1. The third-order valence-electron chi connectivity index (χ3n) is 2.96. The van der Waals surface area contributed by atoms with Crippen molar-refractivity contribution in [1.82, 2.24) is 19.9 Å². The summed E-state index contributed by atoms with van der Waals surface area (Å²) in [5.74, 6) is -0.428. The number of anilines is 1. The van der Waals surface area contributed by atoms with E-state index in [1.165, 1.54) is 24.8 Å². The molecule has 1 atom stereocenters. The van der Waals surface area contributed by atoms with Crippen LogP contribution >= 0.6 is 0 Å². The van der Waals surface area contributed by atoms with E-state index in [1.54, 1.807) is 12.1 Å². The molecule has 0 bridgehead atoms. The monoisotopic (exact) mass is 316 g/mol. The number of carbonyl (C=O) groups is 1. The molecule has 2 aromatic heterocycles. The second-order valence-electron chi connectivity index (χ2n) is 4.68. The van der Waals surface area contributed by atoms with Crippen molar-refractivity contribution < 1.29 is 15.0 Å². The molecule has 0 aliphatic heterocycles. The van der Waals surface area contributed by atoms with Crippen LogP contribution in [0.3, 0.4) is 0 Å². The molecule has 3 rings (SSSR count). The summed E-state index contributed by atoms with van der Waals surface area (Å²) < 4.78 is 0. The number of nitrogen functional groups attached to an aromatic ring is 1. The molecule has 7 N–H and O–H groups in total. The summed E-state index contributed by atoms with van der Waals surface area (Å²) in [5, 5.41) is 17.5. The van der Waals surface area contributed by atoms with E-state index in [2.05, 4.69) is 19.9 Å². The van der Waals surface area contributed by atoms with Crippen LogP contribution in [0.15, 0.2) is 36.9 Å². The van der Waals surface area contributed by atoms with Crippen molar-refractivity contribution in [2.45, 2.75) is 12.5 Å². The molecule has 9 heteroatoms. The second kappa shape index (κ2) is 7.18. The number of aromatic hydroxyl groups is 1. The lowest BCUT2D eigenvalue weighted by Crippen LogP contribution is -2.32. The smallest absolute Gasteiger partial charge is 0.320 e. The average Bonchev–Trinajstić information content (AvgIpc) is 3.00. The molecular weight excluding hydrogens is 300 g/mol. The predicted molar refractivity (Wildman–Crippen MR) is 83.5 cm³/mol. The van der Waals surface area contributed by atoms with Gasteiger partial charge in [0, 0.05) is 0 Å². The number of rotatable bonds is 3. The molecule has 3 aromatic rings. The number of fused-ring (bicyclic) bond motifs is 1. The molecule has 0 aliphatic rings. The van der Waals surface area contributed by atoms with Crippen molar-refractivity contribution in [3.05, 3.63) is 42.5 Å². The highest BCUT2D eigenvalue weighted by molar-refractivity contribution is 5.80. The van der Waals surface area contributed by atoms with Crippen LogP contribution in [0.4, 0.5) is 5.82 Å². The molecule has 0 aliphatic carbocycles. The zero-order valence-corrected chi connectivity index (χ0v) is 12.0. The molecular formula is C14H16N6O3. The number of phenols is 1. The van der Waals surface area contributed by atoms with Crippen molar-refractivity contribution in [3.8, 4) is 5.75 Å². The van der Waals surface area contributed by atoms with Crippen LogP contribution in [0.5, 0.6) is 5.75 Å². The van der Waals surface area contributed by atoms with Gasteiger partial charge < -0.3 is 26.7 Å². The SMILES string of the molecule is NC(Cc1ccc(O)cc1)C(=O)O.Nc1ncnc2nc[nH]c12. The van der Waals surface area contributed by atoms with Gasteiger partial charge >= 0.3 is 5.97 Å². The highest BCUT2D eigenvalue weighted by atomic mass is 16.4. The maximum absolute atomic E-state index is 10.4. The number of H-pyrrole nitrogens is 1. The summed E-state index contributed by atoms with van der Waals surface area (Å²) in [5.41, 5.74) is 12.9. The van der Waals surface area contributed by atoms with Gasteiger partial charge in [0.25, 0.3) is 0 Å². The Labute approximate surface area is 131 Å². The maximum Gasteiger partial charge on any atom is 0.320 e. The lowest BCUT2D eigenvalue weighted by atomic mass is 10.1. The first-order chi connectivity index (χ1) is 11.0. The number of benzene rings is 1. The normalized spacial score (nSPS) is 11.5. The first-order valence-electron chi connectivity index (χ1n) is 6.63. The summed E-state index contributed by atoms with van der Waals surface area (Å²) in [7, 11) is 0. The van der Waals surface area contributed by atoms with E-state index in [9.17, 15) is 4.79 Å². The fraction of sp³-hybridized carbons (Fsp3) is 0.143. The van der Waals surface area contributed by atoms with E-state index < -0.39 is 12.0 Å². The molecule has 1 aromatic carbocycles. The number of hydrogen-bond acceptors (Lipinski definition) is 7. The highest BCUT2D eigenvalue weighted by Gasteiger charge is 2.11. The standard InChI is InChI=1S/C9H11NO3.C5H5N5/c10-8(9(12)13)5-6-1-3-7(11)4-2-6;6-4-3-5(9-1-7-3)10-2-8-4/h1-4,8,11H,5,10H2,(H,12,13);1-2H,(H3,6,7,8,9,10). The molecule has 2 heterocycles. The van der Waals surface area contributed by atoms with Gasteiger partial charge in [-0.15, -0.1) is 0 Å². The molecule has 0 radical (unpaired) electrons. The summed E-state index contributed by atoms with van der Waals surface area (Å²) in [6.45, 7) is 0. The lowest BCUT2D eigenvalue weighted by molar-refractivity contribution is -0.138. The van der Waals surface area contributed by atoms with Gasteiger partial charge in [-0.1, -0.05) is 12.1 Å². The van der Waals surface area contributed by atoms with E-state index in [0.29, 0.717) is 17.0 Å². The van der Waals surface area contributed by atoms with Crippen molar-refractivity contribution in [1.29, 1.82) is 0 Å². The Bertz CT molecular complexity index is 787. The van der Waals surface area contributed by atoms with Gasteiger partial charge in [0.1, 0.15) is 23.6 Å². The first kappa shape index (κ1) is 16.2. The molecule has 1 unspecified atom stereocenters. The molecule has 0 saturated carbocycles. The van der Waals surface area contributed by atoms with Gasteiger partial charge in [0.15, 0.2) is 11.5 Å². The van der Waals surface area contributed by atoms with E-state index in [1.807, 2.05) is 0 Å². The number of imidazole rings is 1. The Morgan fingerprint density at radius 2 is 1.91 bits per heavy atom. The molecule has 0 saturated heterocycles. The number of phenolic OH excluding ortho intramolecular Hbond substituents is 1. The Balaban J connectivity index is 0.000000172. The third-order valence-corrected chi connectivity index (χ3v) is 2.96. The number of nitrogens with two attached hydrogens (primary N) is 2. The number of aromatic nitrogens is 4. The lowest BCUT2D eigenvalue weighted by Gasteiger charge is -2.05. The van der Waals surface area contributed by atoms with E-state index >= 15 is 0 Å². The minimum absolute atomic E-state index is 0.160. The van der Waals surface area contributed by atoms with Crippen LogP contribution in [-0.4, -0.2) is 42.2 Å². The van der Waals surface area contributed by atoms with Gasteiger partial charge in [0.2, 0.25) is 0 Å². The number of carboxylic acids is 1. The maximum atomic E-state index is 10.4. The van der Waals surface area contributed by atoms with Gasteiger partial charge in [0.05, 0.1) is 6.33 Å². The van der Waals surface area contributed by atoms with Crippen LogP contribution in [0, 0.1) is 0 Å². The van der Waals surface area contributed by atoms with Gasteiger partial charge in [-0.2, -0.15) is 0 Å². The highest BCUT2D eigenvalue weighted by Crippen LogP contribution is 2.11. The van der Waals surface area contributed by atoms with Crippen molar-refractivity contribution in [3.63, 3.8) is 0 Å². The Hall–Kier alpha value is -3.20. The fourth-order valence-electron chi connectivity index (χ4n) is 1.76. The largest absolute Gasteiger partial charge is 0.508 e. The Morgan fingerprint density at radius 1 is 1.22 bits per heavy atom. The van der Waals surface area contributed by atoms with Crippen LogP contribution in [0.2, 0.25) is 0 Å². The zero-order valence-electron chi connectivity index (χ0n) is 12.0. The van der Waals surface area contributed by atoms with Crippen LogP contribution < -0.4 is 11.5 Å². The Kier molecular flexibility index (Phi) is 5.05. The first-order valence-corrected chi connectivity index (χ1v) is 6.63. The summed E-state index contributed by atoms with van der Waals surface area (Å²) in [6.07, 6.45) is 3.20. The van der Waals surface area contributed by atoms with Gasteiger partial charge in [-0.3, -0.25) is 4.79 Å². The minimum atomic E-state index is -1.02. The van der Waals surface area contributed by atoms with Crippen LogP contribution in [0.25, 0.3) is 11.2 Å². The summed E-state index contributed by atoms with van der Waals surface area (Å²) >= 11 is 0. The number of nitrogens with zero attached hydrogens (tertiary/aromatic N) is 3. The van der Waals surface area contributed by atoms with Gasteiger partial charge in [-0.05, 0) is 24.1 Å². The van der Waals surface area contributed by atoms with E-state index in [-0.39, 0.29) is 12.2 Å². The van der Waals surface area contributed by atoms with Crippen LogP contribution in [0.1, 0.15) is 5.56 Å². The van der Waals surface area contributed by atoms with Gasteiger partial charge in [-0.25, -0.2) is 15.0 Å². The summed E-state index contributed by atoms with van der Waals surface area (Å²) in [4.78, 5) is 24.8. The molecule has 0 amide bonds. The number of aromatic amines is 1. The van der Waals surface area contributed by atoms with Crippen molar-refractivity contribution in [2.24, 2.45) is 5.73 Å². The quantitative estimate of drug-likeness (QED) is 0.459. The van der Waals surface area contributed by atoms with Crippen molar-refractivity contribution in [2.75, 3.05) is 5.73 Å². The number of nitrogens with one attached hydrogen (secondary N) is 1. The Morgan fingerprint density at radius 3 is 2.52 bits per heavy atom. The third kappa shape index (κ3) is 4.38. The second-order valence-corrected chi connectivity index (χ2v) is 4.68. The van der Waals surface area contributed by atoms with Crippen molar-refractivity contribution >= 4 is 23.0 Å².